The molecule has 0 spiro atoms. The van der Waals surface area contributed by atoms with Crippen LogP contribution in [-0.4, -0.2) is 38.7 Å². The molecule has 1 aliphatic heterocycles. The van der Waals surface area contributed by atoms with Crippen LogP contribution in [0.4, 0.5) is 0 Å². The zero-order chi connectivity index (χ0) is 19.8. The summed E-state index contributed by atoms with van der Waals surface area (Å²) in [6, 6.07) is 1.60. The molecule has 0 bridgehead atoms. The Morgan fingerprint density at radius 2 is 2.14 bits per heavy atom. The van der Waals surface area contributed by atoms with Gasteiger partial charge in [-0.05, 0) is 18.3 Å². The van der Waals surface area contributed by atoms with Crippen LogP contribution in [0.15, 0.2) is 22.4 Å². The fourth-order valence-electron chi connectivity index (χ4n) is 4.43. The van der Waals surface area contributed by atoms with E-state index in [1.165, 1.54) is 28.2 Å². The maximum absolute atomic E-state index is 12.5. The maximum Gasteiger partial charge on any atom is 0.311 e. The van der Waals surface area contributed by atoms with Crippen molar-refractivity contribution in [1.82, 2.24) is 14.3 Å². The van der Waals surface area contributed by atoms with Crippen molar-refractivity contribution in [3.05, 3.63) is 33.7 Å². The van der Waals surface area contributed by atoms with Crippen molar-refractivity contribution in [3.8, 4) is 0 Å². The fourth-order valence-corrected chi connectivity index (χ4v) is 5.17. The number of nitrogens with zero attached hydrogens (tertiary/aromatic N) is 3. The molecule has 3 heterocycles. The average Bonchev–Trinajstić information content (AvgIpc) is 3.29. The average molecular weight is 404 g/mol. The highest BCUT2D eigenvalue weighted by Gasteiger charge is 2.42. The summed E-state index contributed by atoms with van der Waals surface area (Å²) < 4.78 is 6.85. The third kappa shape index (κ3) is 3.57. The van der Waals surface area contributed by atoms with Crippen LogP contribution in [0.3, 0.4) is 0 Å². The second-order valence-electron chi connectivity index (χ2n) is 8.03. The zero-order valence-electron chi connectivity index (χ0n) is 16.2. The monoisotopic (exact) mass is 403 g/mol. The number of likely N-dealkylation sites (tertiary alicyclic amines) is 1. The van der Waals surface area contributed by atoms with E-state index in [4.69, 9.17) is 4.74 Å². The minimum absolute atomic E-state index is 0.0456. The van der Waals surface area contributed by atoms with Crippen molar-refractivity contribution in [2.24, 2.45) is 17.8 Å². The molecule has 0 radical (unpaired) electrons. The highest BCUT2D eigenvalue weighted by atomic mass is 32.1. The SMILES string of the molecule is C[C@@H]1[C@H](C)CCC[C@@H]1N1C[C@H](C(=O)OCc2cc(=O)n3ccsc3n2)CC1=O. The van der Waals surface area contributed by atoms with Crippen LogP contribution in [0, 0.1) is 17.8 Å². The lowest BCUT2D eigenvalue weighted by Crippen LogP contribution is -2.45. The van der Waals surface area contributed by atoms with Crippen LogP contribution in [0.5, 0.6) is 0 Å². The first-order chi connectivity index (χ1) is 13.4. The number of amides is 1. The molecule has 1 amide bonds. The van der Waals surface area contributed by atoms with Crippen LogP contribution >= 0.6 is 11.3 Å². The summed E-state index contributed by atoms with van der Waals surface area (Å²) in [4.78, 5) is 43.9. The quantitative estimate of drug-likeness (QED) is 0.733. The molecule has 2 aliphatic rings. The van der Waals surface area contributed by atoms with Crippen molar-refractivity contribution in [2.75, 3.05) is 6.54 Å². The summed E-state index contributed by atoms with van der Waals surface area (Å²) >= 11 is 1.35. The number of carbonyl (C=O) groups is 2. The van der Waals surface area contributed by atoms with Gasteiger partial charge in [-0.25, -0.2) is 4.98 Å². The number of aromatic nitrogens is 2. The van der Waals surface area contributed by atoms with E-state index in [1.807, 2.05) is 4.90 Å². The van der Waals surface area contributed by atoms with Gasteiger partial charge < -0.3 is 9.64 Å². The Hall–Kier alpha value is -2.22. The topological polar surface area (TPSA) is 81.0 Å². The Balaban J connectivity index is 1.38. The number of hydrogen-bond acceptors (Lipinski definition) is 6. The van der Waals surface area contributed by atoms with E-state index >= 15 is 0 Å². The summed E-state index contributed by atoms with van der Waals surface area (Å²) in [5.41, 5.74) is 0.233. The predicted octanol–water partition coefficient (Wildman–Crippen LogP) is 2.47. The molecule has 150 valence electrons. The molecular weight excluding hydrogens is 378 g/mol. The molecule has 4 atom stereocenters. The van der Waals surface area contributed by atoms with Crippen LogP contribution in [-0.2, 0) is 20.9 Å². The molecule has 1 saturated heterocycles. The Bertz CT molecular complexity index is 952. The van der Waals surface area contributed by atoms with Gasteiger partial charge in [-0.15, -0.1) is 11.3 Å². The Morgan fingerprint density at radius 3 is 2.96 bits per heavy atom. The van der Waals surface area contributed by atoms with Gasteiger partial charge in [-0.1, -0.05) is 26.7 Å². The Kier molecular flexibility index (Phi) is 5.23. The molecule has 0 unspecified atom stereocenters. The summed E-state index contributed by atoms with van der Waals surface area (Å²) in [6.07, 6.45) is 5.20. The van der Waals surface area contributed by atoms with Crippen molar-refractivity contribution < 1.29 is 14.3 Å². The lowest BCUT2D eigenvalue weighted by molar-refractivity contribution is -0.149. The number of ether oxygens (including phenoxy) is 1. The lowest BCUT2D eigenvalue weighted by Gasteiger charge is -2.39. The van der Waals surface area contributed by atoms with Crippen LogP contribution in [0.25, 0.3) is 4.96 Å². The van der Waals surface area contributed by atoms with Crippen molar-refractivity contribution >= 4 is 28.2 Å². The number of fused-ring (bicyclic) bond motifs is 1. The van der Waals surface area contributed by atoms with E-state index in [0.29, 0.717) is 29.0 Å². The van der Waals surface area contributed by atoms with Gasteiger partial charge in [0.1, 0.15) is 6.61 Å². The summed E-state index contributed by atoms with van der Waals surface area (Å²) in [7, 11) is 0. The first kappa shape index (κ1) is 19.1. The molecule has 4 rings (SSSR count). The first-order valence-corrected chi connectivity index (χ1v) is 10.7. The van der Waals surface area contributed by atoms with Gasteiger partial charge in [-0.2, -0.15) is 0 Å². The molecular formula is C20H25N3O4S. The molecule has 2 aromatic heterocycles. The van der Waals surface area contributed by atoms with Crippen molar-refractivity contribution in [3.63, 3.8) is 0 Å². The molecule has 0 aromatic carbocycles. The van der Waals surface area contributed by atoms with Gasteiger partial charge in [-0.3, -0.25) is 18.8 Å². The minimum atomic E-state index is -0.441. The first-order valence-electron chi connectivity index (χ1n) is 9.86. The van der Waals surface area contributed by atoms with Gasteiger partial charge in [0.15, 0.2) is 4.96 Å². The van der Waals surface area contributed by atoms with Crippen LogP contribution < -0.4 is 5.56 Å². The summed E-state index contributed by atoms with van der Waals surface area (Å²) in [6.45, 7) is 4.82. The zero-order valence-corrected chi connectivity index (χ0v) is 17.0. The molecule has 8 heteroatoms. The summed E-state index contributed by atoms with van der Waals surface area (Å²) in [5, 5.41) is 1.78. The van der Waals surface area contributed by atoms with Crippen molar-refractivity contribution in [2.45, 2.75) is 52.2 Å². The third-order valence-corrected chi connectivity index (χ3v) is 7.03. The molecule has 28 heavy (non-hydrogen) atoms. The van der Waals surface area contributed by atoms with E-state index in [9.17, 15) is 14.4 Å². The molecule has 1 saturated carbocycles. The smallest absolute Gasteiger partial charge is 0.311 e. The fraction of sp³-hybridized carbons (Fsp3) is 0.600. The number of thiazole rings is 1. The second-order valence-corrected chi connectivity index (χ2v) is 8.90. The van der Waals surface area contributed by atoms with Gasteiger partial charge in [0.05, 0.1) is 11.6 Å². The lowest BCUT2D eigenvalue weighted by atomic mass is 9.77. The van der Waals surface area contributed by atoms with Gasteiger partial charge in [0.25, 0.3) is 5.56 Å². The molecule has 7 nitrogen and oxygen atoms in total. The van der Waals surface area contributed by atoms with Gasteiger partial charge in [0.2, 0.25) is 5.91 Å². The van der Waals surface area contributed by atoms with E-state index < -0.39 is 5.92 Å². The number of carbonyl (C=O) groups excluding carboxylic acids is 2. The largest absolute Gasteiger partial charge is 0.459 e. The van der Waals surface area contributed by atoms with Crippen molar-refractivity contribution in [1.29, 1.82) is 0 Å². The third-order valence-electron chi connectivity index (χ3n) is 6.27. The number of hydrogen-bond donors (Lipinski definition) is 0. The van der Waals surface area contributed by atoms with E-state index in [2.05, 4.69) is 18.8 Å². The maximum atomic E-state index is 12.5. The van der Waals surface area contributed by atoms with E-state index in [1.54, 1.807) is 11.6 Å². The highest BCUT2D eigenvalue weighted by Crippen LogP contribution is 2.35. The normalized spacial score (nSPS) is 28.1. The molecule has 1 aliphatic carbocycles. The van der Waals surface area contributed by atoms with E-state index in [0.717, 1.165) is 12.8 Å². The number of rotatable bonds is 4. The van der Waals surface area contributed by atoms with Crippen LogP contribution in [0.2, 0.25) is 0 Å². The highest BCUT2D eigenvalue weighted by molar-refractivity contribution is 7.15. The second kappa shape index (κ2) is 7.66. The predicted molar refractivity (Wildman–Crippen MR) is 105 cm³/mol. The Morgan fingerprint density at radius 1 is 1.32 bits per heavy atom. The van der Waals surface area contributed by atoms with Crippen LogP contribution in [0.1, 0.15) is 45.2 Å². The summed E-state index contributed by atoms with van der Waals surface area (Å²) in [5.74, 6) is 0.255. The van der Waals surface area contributed by atoms with E-state index in [-0.39, 0.29) is 36.5 Å². The minimum Gasteiger partial charge on any atom is -0.459 e. The molecule has 2 aromatic rings. The standard InChI is InChI=1S/C20H25N3O4S/c1-12-4-3-5-16(13(12)2)23-10-14(8-17(23)24)19(26)27-11-15-9-18(25)22-6-7-28-20(22)21-15/h6-7,9,12-14,16H,3-5,8,10-11H2,1-2H3/t12-,13-,14-,16+/m1/s1. The molecule has 0 N–H and O–H groups in total. The van der Waals surface area contributed by atoms with Gasteiger partial charge in [0, 0.05) is 36.7 Å². The number of esters is 1. The Labute approximate surface area is 167 Å². The van der Waals surface area contributed by atoms with Gasteiger partial charge >= 0.3 is 5.97 Å². The molecule has 2 fully saturated rings.